The van der Waals surface area contributed by atoms with Crippen molar-refractivity contribution in [3.8, 4) is 0 Å². The summed E-state index contributed by atoms with van der Waals surface area (Å²) in [6.07, 6.45) is 4.61. The van der Waals surface area contributed by atoms with E-state index in [1.807, 2.05) is 17.0 Å². The Kier molecular flexibility index (Phi) is 4.69. The standard InChI is InChI=1S/C20H28N2O3/c1-16-14-17(4-5-18(16)21-8-11-24-12-9-21)19(23)22-10-13-25-20(15-22)6-2-3-7-20/h4-5,14H,2-3,6-13,15H2,1H3. The zero-order valence-corrected chi connectivity index (χ0v) is 15.1. The zero-order chi connectivity index (χ0) is 17.3. The SMILES string of the molecule is Cc1cc(C(=O)N2CCOC3(CCCC3)C2)ccc1N1CCOCC1. The number of morpholine rings is 2. The molecule has 0 atom stereocenters. The van der Waals surface area contributed by atoms with Crippen molar-refractivity contribution in [3.63, 3.8) is 0 Å². The lowest BCUT2D eigenvalue weighted by Crippen LogP contribution is -2.52. The maximum Gasteiger partial charge on any atom is 0.254 e. The van der Waals surface area contributed by atoms with E-state index in [9.17, 15) is 4.79 Å². The first-order valence-electron chi connectivity index (χ1n) is 9.54. The summed E-state index contributed by atoms with van der Waals surface area (Å²) in [5.41, 5.74) is 3.10. The number of hydrogen-bond donors (Lipinski definition) is 0. The molecule has 1 spiro atoms. The predicted molar refractivity (Wildman–Crippen MR) is 97.3 cm³/mol. The number of rotatable bonds is 2. The van der Waals surface area contributed by atoms with Crippen LogP contribution in [0.5, 0.6) is 0 Å². The highest BCUT2D eigenvalue weighted by Gasteiger charge is 2.40. The van der Waals surface area contributed by atoms with Crippen LogP contribution in [0.15, 0.2) is 18.2 Å². The van der Waals surface area contributed by atoms with Gasteiger partial charge >= 0.3 is 0 Å². The van der Waals surface area contributed by atoms with Crippen molar-refractivity contribution in [2.75, 3.05) is 50.9 Å². The van der Waals surface area contributed by atoms with Gasteiger partial charge < -0.3 is 19.3 Å². The molecule has 0 bridgehead atoms. The molecule has 0 unspecified atom stereocenters. The highest BCUT2D eigenvalue weighted by Crippen LogP contribution is 2.36. The van der Waals surface area contributed by atoms with Crippen LogP contribution in [0, 0.1) is 6.92 Å². The van der Waals surface area contributed by atoms with Gasteiger partial charge in [-0.05, 0) is 43.5 Å². The van der Waals surface area contributed by atoms with Gasteiger partial charge in [-0.15, -0.1) is 0 Å². The second-order valence-corrected chi connectivity index (χ2v) is 7.57. The van der Waals surface area contributed by atoms with E-state index in [1.165, 1.54) is 18.5 Å². The molecule has 2 saturated heterocycles. The molecule has 1 amide bonds. The molecular formula is C20H28N2O3. The van der Waals surface area contributed by atoms with Crippen molar-refractivity contribution in [3.05, 3.63) is 29.3 Å². The van der Waals surface area contributed by atoms with Crippen LogP contribution in [0.1, 0.15) is 41.6 Å². The largest absolute Gasteiger partial charge is 0.378 e. The van der Waals surface area contributed by atoms with Gasteiger partial charge in [0, 0.05) is 30.9 Å². The molecule has 3 aliphatic rings. The van der Waals surface area contributed by atoms with Crippen LogP contribution in [0.3, 0.4) is 0 Å². The van der Waals surface area contributed by atoms with Crippen LogP contribution < -0.4 is 4.90 Å². The Hall–Kier alpha value is -1.59. The van der Waals surface area contributed by atoms with Crippen molar-refractivity contribution in [1.29, 1.82) is 0 Å². The number of ether oxygens (including phenoxy) is 2. The van der Waals surface area contributed by atoms with Gasteiger partial charge in [0.2, 0.25) is 0 Å². The van der Waals surface area contributed by atoms with E-state index in [-0.39, 0.29) is 11.5 Å². The minimum atomic E-state index is -0.0727. The highest BCUT2D eigenvalue weighted by atomic mass is 16.5. The molecule has 1 aromatic carbocycles. The number of carbonyl (C=O) groups is 1. The summed E-state index contributed by atoms with van der Waals surface area (Å²) in [5, 5.41) is 0. The van der Waals surface area contributed by atoms with E-state index in [2.05, 4.69) is 17.9 Å². The Morgan fingerprint density at radius 3 is 2.56 bits per heavy atom. The number of carbonyl (C=O) groups excluding carboxylic acids is 1. The molecule has 4 rings (SSSR count). The zero-order valence-electron chi connectivity index (χ0n) is 15.1. The Balaban J connectivity index is 1.49. The van der Waals surface area contributed by atoms with E-state index in [1.54, 1.807) is 0 Å². The van der Waals surface area contributed by atoms with E-state index < -0.39 is 0 Å². The summed E-state index contributed by atoms with van der Waals surface area (Å²) < 4.78 is 11.5. The third kappa shape index (κ3) is 3.40. The van der Waals surface area contributed by atoms with Gasteiger partial charge in [0.05, 0.1) is 32.0 Å². The fourth-order valence-corrected chi connectivity index (χ4v) is 4.47. The Morgan fingerprint density at radius 1 is 1.08 bits per heavy atom. The number of benzene rings is 1. The summed E-state index contributed by atoms with van der Waals surface area (Å²) in [4.78, 5) is 17.4. The highest BCUT2D eigenvalue weighted by molar-refractivity contribution is 5.95. The molecular weight excluding hydrogens is 316 g/mol. The van der Waals surface area contributed by atoms with Gasteiger partial charge in [-0.1, -0.05) is 12.8 Å². The second-order valence-electron chi connectivity index (χ2n) is 7.57. The fourth-order valence-electron chi connectivity index (χ4n) is 4.47. The summed E-state index contributed by atoms with van der Waals surface area (Å²) in [6.45, 7) is 7.59. The average molecular weight is 344 g/mol. The van der Waals surface area contributed by atoms with Crippen LogP contribution >= 0.6 is 0 Å². The molecule has 0 N–H and O–H groups in total. The van der Waals surface area contributed by atoms with Crippen LogP contribution in [0.2, 0.25) is 0 Å². The van der Waals surface area contributed by atoms with Crippen LogP contribution in [0.4, 0.5) is 5.69 Å². The number of hydrogen-bond acceptors (Lipinski definition) is 4. The van der Waals surface area contributed by atoms with E-state index >= 15 is 0 Å². The normalized spacial score (nSPS) is 23.2. The minimum Gasteiger partial charge on any atom is -0.378 e. The van der Waals surface area contributed by atoms with Crippen LogP contribution in [-0.2, 0) is 9.47 Å². The number of nitrogens with zero attached hydrogens (tertiary/aromatic N) is 2. The van der Waals surface area contributed by atoms with Gasteiger partial charge in [0.25, 0.3) is 5.91 Å². The summed E-state index contributed by atoms with van der Waals surface area (Å²) in [6, 6.07) is 6.13. The van der Waals surface area contributed by atoms with Gasteiger partial charge in [-0.2, -0.15) is 0 Å². The van der Waals surface area contributed by atoms with E-state index in [4.69, 9.17) is 9.47 Å². The quantitative estimate of drug-likeness (QED) is 0.827. The molecule has 1 aliphatic carbocycles. The molecule has 1 aromatic rings. The van der Waals surface area contributed by atoms with Crippen molar-refractivity contribution in [2.24, 2.45) is 0 Å². The molecule has 136 valence electrons. The van der Waals surface area contributed by atoms with Crippen molar-refractivity contribution in [1.82, 2.24) is 4.90 Å². The lowest BCUT2D eigenvalue weighted by atomic mass is 9.99. The molecule has 5 nitrogen and oxygen atoms in total. The maximum absolute atomic E-state index is 13.0. The Bertz CT molecular complexity index is 634. The molecule has 0 radical (unpaired) electrons. The molecule has 2 aliphatic heterocycles. The van der Waals surface area contributed by atoms with Gasteiger partial charge in [0.15, 0.2) is 0 Å². The van der Waals surface area contributed by atoms with Crippen molar-refractivity contribution < 1.29 is 14.3 Å². The number of anilines is 1. The van der Waals surface area contributed by atoms with Gasteiger partial charge in [0.1, 0.15) is 0 Å². The minimum absolute atomic E-state index is 0.0727. The van der Waals surface area contributed by atoms with Crippen LogP contribution in [-0.4, -0.2) is 62.4 Å². The molecule has 0 aromatic heterocycles. The predicted octanol–water partition coefficient (Wildman–Crippen LogP) is 2.62. The lowest BCUT2D eigenvalue weighted by molar-refractivity contribution is -0.0948. The fraction of sp³-hybridized carbons (Fsp3) is 0.650. The Labute approximate surface area is 149 Å². The molecule has 2 heterocycles. The Morgan fingerprint density at radius 2 is 1.84 bits per heavy atom. The summed E-state index contributed by atoms with van der Waals surface area (Å²) >= 11 is 0. The van der Waals surface area contributed by atoms with Gasteiger partial charge in [-0.25, -0.2) is 0 Å². The molecule has 5 heteroatoms. The monoisotopic (exact) mass is 344 g/mol. The first-order chi connectivity index (χ1) is 12.2. The summed E-state index contributed by atoms with van der Waals surface area (Å²) in [5.74, 6) is 0.145. The first-order valence-corrected chi connectivity index (χ1v) is 9.54. The van der Waals surface area contributed by atoms with Crippen molar-refractivity contribution in [2.45, 2.75) is 38.2 Å². The van der Waals surface area contributed by atoms with Crippen LogP contribution in [0.25, 0.3) is 0 Å². The molecule has 3 fully saturated rings. The maximum atomic E-state index is 13.0. The molecule has 25 heavy (non-hydrogen) atoms. The lowest BCUT2D eigenvalue weighted by Gasteiger charge is -2.40. The van der Waals surface area contributed by atoms with Gasteiger partial charge in [-0.3, -0.25) is 4.79 Å². The average Bonchev–Trinajstić information content (AvgIpc) is 3.09. The third-order valence-electron chi connectivity index (χ3n) is 5.85. The molecule has 1 saturated carbocycles. The first kappa shape index (κ1) is 16.9. The number of aryl methyl sites for hydroxylation is 1. The van der Waals surface area contributed by atoms with E-state index in [0.29, 0.717) is 13.2 Å². The second kappa shape index (κ2) is 6.96. The van der Waals surface area contributed by atoms with Crippen molar-refractivity contribution >= 4 is 11.6 Å². The number of amides is 1. The topological polar surface area (TPSA) is 42.0 Å². The third-order valence-corrected chi connectivity index (χ3v) is 5.85. The summed E-state index contributed by atoms with van der Waals surface area (Å²) in [7, 11) is 0. The smallest absolute Gasteiger partial charge is 0.254 e. The van der Waals surface area contributed by atoms with E-state index in [0.717, 1.165) is 56.8 Å².